The summed E-state index contributed by atoms with van der Waals surface area (Å²) in [5, 5.41) is 0. The highest BCUT2D eigenvalue weighted by molar-refractivity contribution is 5.32. The summed E-state index contributed by atoms with van der Waals surface area (Å²) in [5.41, 5.74) is 0.552. The predicted octanol–water partition coefficient (Wildman–Crippen LogP) is 4.97. The van der Waals surface area contributed by atoms with E-state index < -0.39 is 0 Å². The first-order chi connectivity index (χ1) is 7.82. The fourth-order valence-electron chi connectivity index (χ4n) is 3.89. The molecule has 3 aliphatic rings. The van der Waals surface area contributed by atoms with E-state index in [0.29, 0.717) is 5.41 Å². The van der Waals surface area contributed by atoms with Crippen LogP contribution < -0.4 is 0 Å². The highest BCUT2D eigenvalue weighted by Crippen LogP contribution is 2.66. The Morgan fingerprint density at radius 2 is 1.69 bits per heavy atom. The summed E-state index contributed by atoms with van der Waals surface area (Å²) in [6, 6.07) is 0. The van der Waals surface area contributed by atoms with Gasteiger partial charge in [0.15, 0.2) is 0 Å². The molecule has 0 saturated heterocycles. The zero-order valence-electron chi connectivity index (χ0n) is 11.1. The molecular weight excluding hydrogens is 192 g/mol. The summed E-state index contributed by atoms with van der Waals surface area (Å²) in [6.45, 7) is 6.46. The van der Waals surface area contributed by atoms with Gasteiger partial charge in [-0.1, -0.05) is 77.2 Å². The maximum atomic E-state index is 2.46. The van der Waals surface area contributed by atoms with E-state index in [-0.39, 0.29) is 0 Å². The molecule has 0 amide bonds. The largest absolute Gasteiger partial charge is 0.0802 e. The third-order valence-corrected chi connectivity index (χ3v) is 4.76. The average molecular weight is 218 g/mol. The van der Waals surface area contributed by atoms with Crippen LogP contribution in [-0.4, -0.2) is 0 Å². The van der Waals surface area contributed by atoms with Gasteiger partial charge < -0.3 is 0 Å². The van der Waals surface area contributed by atoms with Crippen molar-refractivity contribution in [3.8, 4) is 0 Å². The van der Waals surface area contributed by atoms with Crippen LogP contribution in [-0.2, 0) is 0 Å². The quantitative estimate of drug-likeness (QED) is 0.583. The van der Waals surface area contributed by atoms with Gasteiger partial charge in [0.2, 0.25) is 0 Å². The van der Waals surface area contributed by atoms with Crippen molar-refractivity contribution < 1.29 is 0 Å². The van der Waals surface area contributed by atoms with Crippen molar-refractivity contribution in [1.29, 1.82) is 0 Å². The molecule has 3 unspecified atom stereocenters. The maximum Gasteiger partial charge on any atom is -0.00407 e. The van der Waals surface area contributed by atoms with Crippen molar-refractivity contribution in [3.05, 3.63) is 24.3 Å². The molecule has 2 saturated carbocycles. The third kappa shape index (κ3) is 1.87. The Morgan fingerprint density at radius 1 is 1.00 bits per heavy atom. The molecular formula is C16H26. The molecule has 2 fully saturated rings. The van der Waals surface area contributed by atoms with Crippen molar-refractivity contribution in [3.63, 3.8) is 0 Å². The van der Waals surface area contributed by atoms with Gasteiger partial charge >= 0.3 is 0 Å². The van der Waals surface area contributed by atoms with Gasteiger partial charge in [-0.3, -0.25) is 0 Å². The molecule has 0 heterocycles. The molecule has 3 aliphatic carbocycles. The first-order valence-corrected chi connectivity index (χ1v) is 7.18. The van der Waals surface area contributed by atoms with Crippen LogP contribution in [0.5, 0.6) is 0 Å². The van der Waals surface area contributed by atoms with E-state index in [1.165, 1.54) is 32.1 Å². The zero-order chi connectivity index (χ0) is 11.6. The topological polar surface area (TPSA) is 0 Å². The fraction of sp³-hybridized carbons (Fsp3) is 0.750. The van der Waals surface area contributed by atoms with E-state index >= 15 is 0 Å². The SMILES string of the molecule is CC.CC12C=CC=CC1C2C1CCCCC1. The first-order valence-electron chi connectivity index (χ1n) is 7.18. The van der Waals surface area contributed by atoms with Crippen LogP contribution in [0.15, 0.2) is 24.3 Å². The van der Waals surface area contributed by atoms with Crippen LogP contribution in [0.4, 0.5) is 0 Å². The van der Waals surface area contributed by atoms with Crippen molar-refractivity contribution in [2.45, 2.75) is 52.9 Å². The standard InChI is InChI=1S/C14H20.C2H6/c1-14-10-6-5-9-12(14)13(14)11-7-3-2-4-8-11;1-2/h5-6,9-13H,2-4,7-8H2,1H3;1-2H3. The van der Waals surface area contributed by atoms with Gasteiger partial charge in [0, 0.05) is 0 Å². The second-order valence-corrected chi connectivity index (χ2v) is 5.56. The monoisotopic (exact) mass is 218 g/mol. The second-order valence-electron chi connectivity index (χ2n) is 5.56. The number of fused-ring (bicyclic) bond motifs is 1. The molecule has 3 atom stereocenters. The molecule has 0 nitrogen and oxygen atoms in total. The molecule has 0 spiro atoms. The number of hydrogen-bond acceptors (Lipinski definition) is 0. The molecule has 3 rings (SSSR count). The van der Waals surface area contributed by atoms with Gasteiger partial charge in [-0.25, -0.2) is 0 Å². The van der Waals surface area contributed by atoms with E-state index in [0.717, 1.165) is 17.8 Å². The molecule has 90 valence electrons. The average Bonchev–Trinajstić information content (AvgIpc) is 2.98. The Balaban J connectivity index is 0.000000457. The molecule has 16 heavy (non-hydrogen) atoms. The first kappa shape index (κ1) is 12.0. The smallest absolute Gasteiger partial charge is 0.00407 e. The highest BCUT2D eigenvalue weighted by Gasteiger charge is 2.60. The normalized spacial score (nSPS) is 40.9. The number of hydrogen-bond donors (Lipinski definition) is 0. The highest BCUT2D eigenvalue weighted by atomic mass is 14.6. The van der Waals surface area contributed by atoms with E-state index in [1.807, 2.05) is 13.8 Å². The van der Waals surface area contributed by atoms with Gasteiger partial charge in [-0.05, 0) is 23.2 Å². The maximum absolute atomic E-state index is 2.46. The van der Waals surface area contributed by atoms with E-state index in [4.69, 9.17) is 0 Å². The number of allylic oxidation sites excluding steroid dienone is 4. The Labute approximate surface area is 101 Å². The third-order valence-electron chi connectivity index (χ3n) is 4.76. The van der Waals surface area contributed by atoms with Crippen molar-refractivity contribution >= 4 is 0 Å². The van der Waals surface area contributed by atoms with Crippen LogP contribution >= 0.6 is 0 Å². The van der Waals surface area contributed by atoms with Crippen LogP contribution in [0, 0.1) is 23.2 Å². The molecule has 0 bridgehead atoms. The summed E-state index contributed by atoms with van der Waals surface area (Å²) in [7, 11) is 0. The van der Waals surface area contributed by atoms with E-state index in [2.05, 4.69) is 31.2 Å². The molecule has 0 radical (unpaired) electrons. The zero-order valence-corrected chi connectivity index (χ0v) is 11.1. The molecule has 0 N–H and O–H groups in total. The molecule has 0 heteroatoms. The second kappa shape index (κ2) is 4.77. The van der Waals surface area contributed by atoms with Crippen molar-refractivity contribution in [2.24, 2.45) is 23.2 Å². The van der Waals surface area contributed by atoms with Crippen LogP contribution in [0.3, 0.4) is 0 Å². The van der Waals surface area contributed by atoms with Gasteiger partial charge in [0.1, 0.15) is 0 Å². The van der Waals surface area contributed by atoms with Gasteiger partial charge in [0.25, 0.3) is 0 Å². The van der Waals surface area contributed by atoms with Gasteiger partial charge in [0.05, 0.1) is 0 Å². The Kier molecular flexibility index (Phi) is 3.56. The van der Waals surface area contributed by atoms with E-state index in [1.54, 1.807) is 0 Å². The Bertz CT molecular complexity index is 280. The molecule has 0 aromatic rings. The lowest BCUT2D eigenvalue weighted by Crippen LogP contribution is -2.11. The summed E-state index contributed by atoms with van der Waals surface area (Å²) >= 11 is 0. The van der Waals surface area contributed by atoms with E-state index in [9.17, 15) is 0 Å². The molecule has 0 aromatic heterocycles. The van der Waals surface area contributed by atoms with Crippen molar-refractivity contribution in [1.82, 2.24) is 0 Å². The minimum Gasteiger partial charge on any atom is -0.0802 e. The van der Waals surface area contributed by atoms with Gasteiger partial charge in [-0.2, -0.15) is 0 Å². The molecule has 0 aromatic carbocycles. The summed E-state index contributed by atoms with van der Waals surface area (Å²) in [5.74, 6) is 2.90. The van der Waals surface area contributed by atoms with Crippen LogP contribution in [0.2, 0.25) is 0 Å². The lowest BCUT2D eigenvalue weighted by molar-refractivity contribution is 0.297. The van der Waals surface area contributed by atoms with Gasteiger partial charge in [-0.15, -0.1) is 0 Å². The molecule has 0 aliphatic heterocycles. The summed E-state index contributed by atoms with van der Waals surface area (Å²) in [4.78, 5) is 0. The fourth-order valence-corrected chi connectivity index (χ4v) is 3.89. The Morgan fingerprint density at radius 3 is 2.25 bits per heavy atom. The van der Waals surface area contributed by atoms with Crippen molar-refractivity contribution in [2.75, 3.05) is 0 Å². The Hall–Kier alpha value is -0.520. The van der Waals surface area contributed by atoms with Crippen LogP contribution in [0.1, 0.15) is 52.9 Å². The minimum absolute atomic E-state index is 0.552. The lowest BCUT2D eigenvalue weighted by Gasteiger charge is -2.22. The lowest BCUT2D eigenvalue weighted by atomic mass is 9.83. The minimum atomic E-state index is 0.552. The predicted molar refractivity (Wildman–Crippen MR) is 71.3 cm³/mol. The summed E-state index contributed by atoms with van der Waals surface area (Å²) in [6.07, 6.45) is 16.8. The van der Waals surface area contributed by atoms with Crippen LogP contribution in [0.25, 0.3) is 0 Å². The summed E-state index contributed by atoms with van der Waals surface area (Å²) < 4.78 is 0. The number of rotatable bonds is 1.